The Morgan fingerprint density at radius 1 is 1.07 bits per heavy atom. The Hall–Kier alpha value is -2.75. The van der Waals surface area contributed by atoms with Gasteiger partial charge in [0.2, 0.25) is 5.91 Å². The number of nitrogens with zero attached hydrogens (tertiary/aromatic N) is 3. The van der Waals surface area contributed by atoms with E-state index < -0.39 is 0 Å². The molecule has 2 heterocycles. The van der Waals surface area contributed by atoms with Crippen molar-refractivity contribution in [2.45, 2.75) is 21.7 Å². The third-order valence-electron chi connectivity index (χ3n) is 4.13. The van der Waals surface area contributed by atoms with Crippen LogP contribution in [0, 0.1) is 18.3 Å². The molecule has 0 radical (unpaired) electrons. The normalized spacial score (nSPS) is 12.1. The summed E-state index contributed by atoms with van der Waals surface area (Å²) in [6, 6.07) is 21.5. The molecular formula is C21H15N3OS2. The number of carbonyl (C=O) groups is 1. The summed E-state index contributed by atoms with van der Waals surface area (Å²) in [5.41, 5.74) is 3.11. The van der Waals surface area contributed by atoms with Gasteiger partial charge in [0, 0.05) is 15.5 Å². The zero-order valence-electron chi connectivity index (χ0n) is 14.5. The first-order chi connectivity index (χ1) is 13.2. The SMILES string of the molecule is Cc1ccc(C#N)c(SCC(=O)N2c3ccccc3Sc3ccccc32)n1. The van der Waals surface area contributed by atoms with Crippen molar-refractivity contribution in [1.82, 2.24) is 4.98 Å². The second-order valence-electron chi connectivity index (χ2n) is 5.97. The van der Waals surface area contributed by atoms with E-state index in [0.29, 0.717) is 10.6 Å². The van der Waals surface area contributed by atoms with Gasteiger partial charge in [-0.2, -0.15) is 5.26 Å². The summed E-state index contributed by atoms with van der Waals surface area (Å²) in [6.45, 7) is 1.88. The van der Waals surface area contributed by atoms with Gasteiger partial charge in [0.15, 0.2) is 0 Å². The lowest BCUT2D eigenvalue weighted by Gasteiger charge is -2.31. The summed E-state index contributed by atoms with van der Waals surface area (Å²) < 4.78 is 0. The summed E-state index contributed by atoms with van der Waals surface area (Å²) in [5.74, 6) is 0.172. The second kappa shape index (κ2) is 7.47. The summed E-state index contributed by atoms with van der Waals surface area (Å²) in [7, 11) is 0. The minimum absolute atomic E-state index is 0.0348. The topological polar surface area (TPSA) is 57.0 Å². The van der Waals surface area contributed by atoms with E-state index in [4.69, 9.17) is 0 Å². The van der Waals surface area contributed by atoms with Crippen molar-refractivity contribution >= 4 is 40.8 Å². The molecule has 132 valence electrons. The summed E-state index contributed by atoms with van der Waals surface area (Å²) in [4.78, 5) is 21.5. The van der Waals surface area contributed by atoms with Gasteiger partial charge in [-0.1, -0.05) is 47.8 Å². The van der Waals surface area contributed by atoms with Gasteiger partial charge in [0.1, 0.15) is 11.1 Å². The van der Waals surface area contributed by atoms with Crippen LogP contribution in [0.5, 0.6) is 0 Å². The number of aryl methyl sites for hydroxylation is 1. The highest BCUT2D eigenvalue weighted by molar-refractivity contribution is 8.00. The molecule has 2 aromatic carbocycles. The summed E-state index contributed by atoms with van der Waals surface area (Å²) in [6.07, 6.45) is 0. The lowest BCUT2D eigenvalue weighted by Crippen LogP contribution is -2.30. The number of nitriles is 1. The molecule has 27 heavy (non-hydrogen) atoms. The molecule has 1 amide bonds. The lowest BCUT2D eigenvalue weighted by molar-refractivity contribution is -0.115. The predicted molar refractivity (Wildman–Crippen MR) is 109 cm³/mol. The van der Waals surface area contributed by atoms with Gasteiger partial charge >= 0.3 is 0 Å². The van der Waals surface area contributed by atoms with Crippen molar-refractivity contribution in [2.24, 2.45) is 0 Å². The number of hydrogen-bond donors (Lipinski definition) is 0. The van der Waals surface area contributed by atoms with E-state index in [0.717, 1.165) is 26.9 Å². The number of para-hydroxylation sites is 2. The Kier molecular flexibility index (Phi) is 4.88. The standard InChI is InChI=1S/C21H15N3OS2/c1-14-10-11-15(12-22)21(23-14)26-13-20(25)24-16-6-2-4-8-18(16)27-19-9-5-3-7-17(19)24/h2-11H,13H2,1H3. The zero-order chi connectivity index (χ0) is 18.8. The fourth-order valence-corrected chi connectivity index (χ4v) is 4.82. The van der Waals surface area contributed by atoms with Crippen molar-refractivity contribution in [1.29, 1.82) is 5.26 Å². The van der Waals surface area contributed by atoms with Crippen LogP contribution in [0.15, 0.2) is 75.5 Å². The van der Waals surface area contributed by atoms with Crippen LogP contribution >= 0.6 is 23.5 Å². The van der Waals surface area contributed by atoms with Crippen LogP contribution in [-0.2, 0) is 4.79 Å². The molecular weight excluding hydrogens is 374 g/mol. The molecule has 4 nitrogen and oxygen atoms in total. The number of anilines is 2. The van der Waals surface area contributed by atoms with Crippen molar-refractivity contribution in [3.63, 3.8) is 0 Å². The number of pyridine rings is 1. The van der Waals surface area contributed by atoms with E-state index in [1.54, 1.807) is 28.8 Å². The molecule has 0 saturated heterocycles. The average Bonchev–Trinajstić information content (AvgIpc) is 2.70. The molecule has 0 spiro atoms. The molecule has 3 aromatic rings. The minimum atomic E-state index is -0.0348. The molecule has 1 aliphatic rings. The highest BCUT2D eigenvalue weighted by atomic mass is 32.2. The highest BCUT2D eigenvalue weighted by Crippen LogP contribution is 2.48. The maximum absolute atomic E-state index is 13.2. The lowest BCUT2D eigenvalue weighted by atomic mass is 10.2. The van der Waals surface area contributed by atoms with Crippen LogP contribution in [0.4, 0.5) is 11.4 Å². The van der Waals surface area contributed by atoms with Gasteiger partial charge in [-0.05, 0) is 43.3 Å². The third kappa shape index (κ3) is 3.44. The van der Waals surface area contributed by atoms with Crippen molar-refractivity contribution in [3.05, 3.63) is 71.9 Å². The van der Waals surface area contributed by atoms with E-state index in [-0.39, 0.29) is 11.7 Å². The van der Waals surface area contributed by atoms with E-state index >= 15 is 0 Å². The second-order valence-corrected chi connectivity index (χ2v) is 8.02. The maximum atomic E-state index is 13.2. The number of carbonyl (C=O) groups excluding carboxylic acids is 1. The van der Waals surface area contributed by atoms with Gasteiger partial charge in [-0.25, -0.2) is 4.98 Å². The largest absolute Gasteiger partial charge is 0.278 e. The van der Waals surface area contributed by atoms with Crippen LogP contribution in [0.25, 0.3) is 0 Å². The van der Waals surface area contributed by atoms with Gasteiger partial charge < -0.3 is 0 Å². The number of hydrogen-bond acceptors (Lipinski definition) is 5. The molecule has 0 aliphatic carbocycles. The fraction of sp³-hybridized carbons (Fsp3) is 0.0952. The molecule has 0 bridgehead atoms. The number of rotatable bonds is 3. The summed E-state index contributed by atoms with van der Waals surface area (Å²) in [5, 5.41) is 9.88. The predicted octanol–water partition coefficient (Wildman–Crippen LogP) is 5.18. The van der Waals surface area contributed by atoms with Crippen LogP contribution < -0.4 is 4.90 Å². The molecule has 6 heteroatoms. The number of fused-ring (bicyclic) bond motifs is 2. The Morgan fingerprint density at radius 2 is 1.70 bits per heavy atom. The van der Waals surface area contributed by atoms with E-state index in [9.17, 15) is 10.1 Å². The molecule has 0 fully saturated rings. The number of aromatic nitrogens is 1. The van der Waals surface area contributed by atoms with Crippen LogP contribution in [0.3, 0.4) is 0 Å². The zero-order valence-corrected chi connectivity index (χ0v) is 16.2. The molecule has 0 unspecified atom stereocenters. The Labute approximate surface area is 166 Å². The van der Waals surface area contributed by atoms with E-state index in [1.165, 1.54) is 11.8 Å². The molecule has 1 aromatic heterocycles. The van der Waals surface area contributed by atoms with Gasteiger partial charge in [0.25, 0.3) is 0 Å². The van der Waals surface area contributed by atoms with Crippen molar-refractivity contribution < 1.29 is 4.79 Å². The van der Waals surface area contributed by atoms with Gasteiger partial charge in [-0.3, -0.25) is 9.69 Å². The van der Waals surface area contributed by atoms with Crippen LogP contribution in [-0.4, -0.2) is 16.6 Å². The third-order valence-corrected chi connectivity index (χ3v) is 6.24. The fourth-order valence-electron chi connectivity index (χ4n) is 2.90. The maximum Gasteiger partial charge on any atom is 0.242 e. The van der Waals surface area contributed by atoms with E-state index in [1.807, 2.05) is 55.5 Å². The summed E-state index contributed by atoms with van der Waals surface area (Å²) >= 11 is 2.98. The number of thioether (sulfide) groups is 1. The first-order valence-electron chi connectivity index (χ1n) is 8.37. The van der Waals surface area contributed by atoms with Crippen LogP contribution in [0.2, 0.25) is 0 Å². The number of benzene rings is 2. The Balaban J connectivity index is 1.65. The van der Waals surface area contributed by atoms with Crippen molar-refractivity contribution in [2.75, 3.05) is 10.7 Å². The Morgan fingerprint density at radius 3 is 2.33 bits per heavy atom. The molecule has 1 aliphatic heterocycles. The van der Waals surface area contributed by atoms with E-state index in [2.05, 4.69) is 11.1 Å². The molecule has 0 N–H and O–H groups in total. The Bertz CT molecular complexity index is 1030. The number of amides is 1. The smallest absolute Gasteiger partial charge is 0.242 e. The molecule has 0 atom stereocenters. The van der Waals surface area contributed by atoms with Gasteiger partial charge in [0.05, 0.1) is 22.7 Å². The van der Waals surface area contributed by atoms with Crippen LogP contribution in [0.1, 0.15) is 11.3 Å². The molecule has 4 rings (SSSR count). The minimum Gasteiger partial charge on any atom is -0.278 e. The molecule has 0 saturated carbocycles. The monoisotopic (exact) mass is 389 g/mol. The van der Waals surface area contributed by atoms with Crippen molar-refractivity contribution in [3.8, 4) is 6.07 Å². The first-order valence-corrected chi connectivity index (χ1v) is 10.2. The average molecular weight is 390 g/mol. The highest BCUT2D eigenvalue weighted by Gasteiger charge is 2.27. The van der Waals surface area contributed by atoms with Gasteiger partial charge in [-0.15, -0.1) is 0 Å². The quantitative estimate of drug-likeness (QED) is 0.578. The first kappa shape index (κ1) is 17.7.